The van der Waals surface area contributed by atoms with Gasteiger partial charge in [0.05, 0.1) is 0 Å². The fourth-order valence-electron chi connectivity index (χ4n) is 5.58. The van der Waals surface area contributed by atoms with E-state index in [0.29, 0.717) is 0 Å². The van der Waals surface area contributed by atoms with Crippen LogP contribution in [0, 0.1) is 0 Å². The Balaban J connectivity index is 1.96. The van der Waals surface area contributed by atoms with Crippen molar-refractivity contribution in [2.24, 2.45) is 0 Å². The quantitative estimate of drug-likeness (QED) is 0.263. The summed E-state index contributed by atoms with van der Waals surface area (Å²) >= 11 is 0. The van der Waals surface area contributed by atoms with Crippen molar-refractivity contribution in [2.45, 2.75) is 97.9 Å². The maximum absolute atomic E-state index is 3.54. The first-order chi connectivity index (χ1) is 18.9. The van der Waals surface area contributed by atoms with Gasteiger partial charge in [0.1, 0.15) is 0 Å². The van der Waals surface area contributed by atoms with Gasteiger partial charge in [-0.15, -0.1) is 0 Å². The Morgan fingerprint density at radius 3 is 1.51 bits per heavy atom. The second-order valence-corrected chi connectivity index (χ2v) is 15.3. The molecule has 0 radical (unpaired) electrons. The average Bonchev–Trinajstić information content (AvgIpc) is 2.91. The largest absolute Gasteiger partial charge is 0.311 e. The first-order valence-electron chi connectivity index (χ1n) is 15.1. The second-order valence-electron chi connectivity index (χ2n) is 15.3. The van der Waals surface area contributed by atoms with E-state index in [1.807, 2.05) is 7.05 Å². The summed E-state index contributed by atoms with van der Waals surface area (Å²) in [6, 6.07) is 32.2. The molecule has 0 bridgehead atoms. The molecule has 0 aliphatic rings. The van der Waals surface area contributed by atoms with Crippen LogP contribution in [0.1, 0.15) is 98.4 Å². The van der Waals surface area contributed by atoms with Crippen LogP contribution in [0.3, 0.4) is 0 Å². The molecule has 0 unspecified atom stereocenters. The van der Waals surface area contributed by atoms with E-state index in [4.69, 9.17) is 0 Å². The molecule has 1 nitrogen and oxygen atoms in total. The van der Waals surface area contributed by atoms with E-state index < -0.39 is 0 Å². The van der Waals surface area contributed by atoms with E-state index in [1.54, 1.807) is 0 Å². The van der Waals surface area contributed by atoms with Crippen LogP contribution in [-0.4, -0.2) is 7.05 Å². The van der Waals surface area contributed by atoms with Crippen molar-refractivity contribution in [3.63, 3.8) is 0 Å². The number of hydrogen-bond donors (Lipinski definition) is 1. The molecule has 0 atom stereocenters. The molecular weight excluding hydrogens is 494 g/mol. The summed E-state index contributed by atoms with van der Waals surface area (Å²) in [6.45, 7) is 25.3. The molecule has 0 saturated heterocycles. The Labute approximate surface area is 250 Å². The second kappa shape index (κ2) is 10.9. The molecule has 4 rings (SSSR count). The minimum absolute atomic E-state index is 0.0118. The minimum Gasteiger partial charge on any atom is -0.311 e. The predicted molar refractivity (Wildman–Crippen MR) is 181 cm³/mol. The number of hydrogen-bond acceptors (Lipinski definition) is 1. The molecule has 1 heteroatoms. The van der Waals surface area contributed by atoms with Gasteiger partial charge < -0.3 is 5.32 Å². The monoisotopic (exact) mass is 545 g/mol. The summed E-state index contributed by atoms with van der Waals surface area (Å²) < 4.78 is 0. The fraction of sp³-hybridized carbons (Fsp3) is 0.400. The van der Waals surface area contributed by atoms with Crippen molar-refractivity contribution in [2.75, 3.05) is 7.05 Å². The van der Waals surface area contributed by atoms with Crippen molar-refractivity contribution in [1.82, 2.24) is 5.32 Å². The molecule has 0 aliphatic carbocycles. The smallest absolute Gasteiger partial charge is 0.0375 e. The third-order valence-corrected chi connectivity index (χ3v) is 8.53. The molecule has 0 saturated carbocycles. The van der Waals surface area contributed by atoms with E-state index in [-0.39, 0.29) is 21.8 Å². The molecule has 0 heterocycles. The molecule has 0 fully saturated rings. The lowest BCUT2D eigenvalue weighted by atomic mass is 9.76. The summed E-state index contributed by atoms with van der Waals surface area (Å²) in [7, 11) is 2.05. The highest BCUT2D eigenvalue weighted by atomic mass is 14.9. The summed E-state index contributed by atoms with van der Waals surface area (Å²) in [5.74, 6) is 0. The molecule has 4 aromatic carbocycles. The number of nitrogens with one attached hydrogen (secondary N) is 1. The van der Waals surface area contributed by atoms with Crippen molar-refractivity contribution in [1.29, 1.82) is 0 Å². The Kier molecular flexibility index (Phi) is 8.20. The summed E-state index contributed by atoms with van der Waals surface area (Å²) in [5.41, 5.74) is 13.1. The van der Waals surface area contributed by atoms with Crippen LogP contribution in [0.15, 0.2) is 84.9 Å². The fourth-order valence-corrected chi connectivity index (χ4v) is 5.58. The van der Waals surface area contributed by atoms with E-state index in [0.717, 1.165) is 0 Å². The zero-order valence-electron chi connectivity index (χ0n) is 27.6. The maximum Gasteiger partial charge on any atom is 0.0375 e. The Morgan fingerprint density at radius 2 is 0.951 bits per heavy atom. The molecule has 41 heavy (non-hydrogen) atoms. The highest BCUT2D eigenvalue weighted by molar-refractivity contribution is 5.80. The first-order valence-corrected chi connectivity index (χ1v) is 15.1. The highest BCUT2D eigenvalue weighted by Crippen LogP contribution is 2.41. The molecule has 0 spiro atoms. The number of rotatable bonds is 5. The van der Waals surface area contributed by atoms with Gasteiger partial charge >= 0.3 is 0 Å². The van der Waals surface area contributed by atoms with Crippen LogP contribution in [0.25, 0.3) is 33.4 Å². The van der Waals surface area contributed by atoms with Gasteiger partial charge in [-0.05, 0) is 111 Å². The van der Waals surface area contributed by atoms with Crippen LogP contribution in [0.4, 0.5) is 0 Å². The lowest BCUT2D eigenvalue weighted by molar-refractivity contribution is 0.445. The van der Waals surface area contributed by atoms with Gasteiger partial charge in [-0.3, -0.25) is 0 Å². The highest BCUT2D eigenvalue weighted by Gasteiger charge is 2.25. The van der Waals surface area contributed by atoms with Crippen LogP contribution in [-0.2, 0) is 21.8 Å². The summed E-state index contributed by atoms with van der Waals surface area (Å²) in [5, 5.41) is 3.54. The Bertz CT molecular complexity index is 1530. The van der Waals surface area contributed by atoms with Crippen molar-refractivity contribution >= 4 is 0 Å². The molecule has 216 valence electrons. The lowest BCUT2D eigenvalue weighted by Crippen LogP contribution is -2.33. The Hall–Kier alpha value is -3.16. The van der Waals surface area contributed by atoms with E-state index in [2.05, 4.69) is 166 Å². The molecule has 0 aromatic heterocycles. The van der Waals surface area contributed by atoms with E-state index >= 15 is 0 Å². The third-order valence-electron chi connectivity index (χ3n) is 8.53. The first kappa shape index (κ1) is 30.8. The van der Waals surface area contributed by atoms with E-state index in [1.165, 1.54) is 55.6 Å². The third kappa shape index (κ3) is 6.68. The van der Waals surface area contributed by atoms with Crippen molar-refractivity contribution in [3.8, 4) is 33.4 Å². The Morgan fingerprint density at radius 1 is 0.415 bits per heavy atom. The minimum atomic E-state index is -0.162. The maximum atomic E-state index is 3.54. The van der Waals surface area contributed by atoms with Gasteiger partial charge in [0.15, 0.2) is 0 Å². The van der Waals surface area contributed by atoms with Gasteiger partial charge in [0, 0.05) is 5.54 Å². The molecular formula is C40H51N. The average molecular weight is 546 g/mol. The SMILES string of the molecule is CNC(C)(C)c1cc(-c2cccc(C(C)(C)C)c2)cc(-c2ccc(-c3ccccc3C(C)(C)C)c(C(C)(C)C)c2)c1. The normalized spacial score (nSPS) is 13.0. The summed E-state index contributed by atoms with van der Waals surface area (Å²) in [4.78, 5) is 0. The van der Waals surface area contributed by atoms with Gasteiger partial charge in [0.2, 0.25) is 0 Å². The van der Waals surface area contributed by atoms with Crippen LogP contribution < -0.4 is 5.32 Å². The van der Waals surface area contributed by atoms with Gasteiger partial charge in [0.25, 0.3) is 0 Å². The summed E-state index contributed by atoms with van der Waals surface area (Å²) in [6.07, 6.45) is 0. The van der Waals surface area contributed by atoms with Gasteiger partial charge in [-0.25, -0.2) is 0 Å². The standard InChI is InChI=1S/C40H51N/c1-37(2,3)31-17-15-16-27(23-31)29-22-30(25-32(24-29)40(10,11)41-12)28-20-21-34(36(26-28)39(7,8)9)33-18-13-14-19-35(33)38(4,5)6/h13-26,41H,1-12H3. The lowest BCUT2D eigenvalue weighted by Gasteiger charge is -2.29. The van der Waals surface area contributed by atoms with Crippen molar-refractivity contribution < 1.29 is 0 Å². The molecule has 1 N–H and O–H groups in total. The topological polar surface area (TPSA) is 12.0 Å². The molecule has 0 amide bonds. The predicted octanol–water partition coefficient (Wildman–Crippen LogP) is 11.0. The zero-order valence-corrected chi connectivity index (χ0v) is 27.6. The molecule has 4 aromatic rings. The van der Waals surface area contributed by atoms with E-state index in [9.17, 15) is 0 Å². The van der Waals surface area contributed by atoms with Crippen molar-refractivity contribution in [3.05, 3.63) is 107 Å². The molecule has 0 aliphatic heterocycles. The van der Waals surface area contributed by atoms with Crippen LogP contribution in [0.2, 0.25) is 0 Å². The number of benzene rings is 4. The van der Waals surface area contributed by atoms with Crippen LogP contribution >= 0.6 is 0 Å². The van der Waals surface area contributed by atoms with Gasteiger partial charge in [-0.1, -0.05) is 129 Å². The zero-order chi connectivity index (χ0) is 30.4. The van der Waals surface area contributed by atoms with Crippen LogP contribution in [0.5, 0.6) is 0 Å². The van der Waals surface area contributed by atoms with Gasteiger partial charge in [-0.2, -0.15) is 0 Å².